The molecule has 2 amide bonds. The fourth-order valence-corrected chi connectivity index (χ4v) is 4.31. The standard InChI is InChI=1S/C26H36N2O2S/c1-5-24(26(30)27-17-20(2)3)28(18-23-13-9-10-21(4)16-23)25(29)14-15-31-19-22-11-7-6-8-12-22/h6-13,16,20,24H,5,14-15,17-19H2,1-4H3,(H,27,30)/t24-/m1/s1. The summed E-state index contributed by atoms with van der Waals surface area (Å²) in [5.74, 6) is 1.97. The van der Waals surface area contributed by atoms with Crippen LogP contribution >= 0.6 is 11.8 Å². The zero-order valence-electron chi connectivity index (χ0n) is 19.3. The lowest BCUT2D eigenvalue weighted by atomic mass is 10.1. The van der Waals surface area contributed by atoms with E-state index < -0.39 is 6.04 Å². The number of nitrogens with one attached hydrogen (secondary N) is 1. The zero-order valence-corrected chi connectivity index (χ0v) is 20.1. The molecule has 2 aromatic carbocycles. The van der Waals surface area contributed by atoms with Crippen LogP contribution in [0, 0.1) is 12.8 Å². The van der Waals surface area contributed by atoms with Gasteiger partial charge in [-0.15, -0.1) is 0 Å². The molecular formula is C26H36N2O2S. The van der Waals surface area contributed by atoms with E-state index >= 15 is 0 Å². The number of aryl methyl sites for hydroxylation is 1. The van der Waals surface area contributed by atoms with E-state index in [1.54, 1.807) is 16.7 Å². The first-order valence-corrected chi connectivity index (χ1v) is 12.3. The van der Waals surface area contributed by atoms with Crippen LogP contribution in [-0.4, -0.2) is 35.1 Å². The molecule has 0 saturated carbocycles. The molecule has 168 valence electrons. The number of hydrogen-bond acceptors (Lipinski definition) is 3. The van der Waals surface area contributed by atoms with Gasteiger partial charge in [0.1, 0.15) is 6.04 Å². The maximum Gasteiger partial charge on any atom is 0.242 e. The van der Waals surface area contributed by atoms with Crippen LogP contribution < -0.4 is 5.32 Å². The Balaban J connectivity index is 2.05. The maximum absolute atomic E-state index is 13.2. The number of carbonyl (C=O) groups is 2. The quantitative estimate of drug-likeness (QED) is 0.462. The fraction of sp³-hybridized carbons (Fsp3) is 0.462. The highest BCUT2D eigenvalue weighted by Crippen LogP contribution is 2.18. The van der Waals surface area contributed by atoms with Crippen molar-refractivity contribution in [2.45, 2.75) is 58.9 Å². The topological polar surface area (TPSA) is 49.4 Å². The number of carbonyl (C=O) groups excluding carboxylic acids is 2. The molecule has 2 aromatic rings. The summed E-state index contributed by atoms with van der Waals surface area (Å²) in [7, 11) is 0. The van der Waals surface area contributed by atoms with E-state index in [1.165, 1.54) is 5.56 Å². The van der Waals surface area contributed by atoms with E-state index in [0.29, 0.717) is 31.8 Å². The molecule has 0 bridgehead atoms. The molecule has 4 nitrogen and oxygen atoms in total. The summed E-state index contributed by atoms with van der Waals surface area (Å²) >= 11 is 1.75. The van der Waals surface area contributed by atoms with Crippen molar-refractivity contribution in [1.29, 1.82) is 0 Å². The average molecular weight is 441 g/mol. The van der Waals surface area contributed by atoms with E-state index in [0.717, 1.165) is 22.6 Å². The van der Waals surface area contributed by atoms with Gasteiger partial charge in [-0.25, -0.2) is 0 Å². The third-order valence-corrected chi connectivity index (χ3v) is 6.11. The molecule has 0 radical (unpaired) electrons. The molecule has 2 rings (SSSR count). The van der Waals surface area contributed by atoms with Crippen molar-refractivity contribution in [3.05, 3.63) is 71.3 Å². The van der Waals surface area contributed by atoms with Crippen molar-refractivity contribution in [2.75, 3.05) is 12.3 Å². The van der Waals surface area contributed by atoms with Gasteiger partial charge in [0.25, 0.3) is 0 Å². The van der Waals surface area contributed by atoms with Crippen molar-refractivity contribution in [1.82, 2.24) is 10.2 Å². The number of rotatable bonds is 12. The highest BCUT2D eigenvalue weighted by Gasteiger charge is 2.28. The molecule has 0 spiro atoms. The van der Waals surface area contributed by atoms with Crippen LogP contribution in [0.3, 0.4) is 0 Å². The summed E-state index contributed by atoms with van der Waals surface area (Å²) in [5.41, 5.74) is 3.47. The lowest BCUT2D eigenvalue weighted by molar-refractivity contribution is -0.141. The number of hydrogen-bond donors (Lipinski definition) is 1. The Morgan fingerprint density at radius 3 is 2.39 bits per heavy atom. The van der Waals surface area contributed by atoms with E-state index in [4.69, 9.17) is 0 Å². The second-order valence-electron chi connectivity index (χ2n) is 8.36. The third kappa shape index (κ3) is 8.78. The molecule has 0 fully saturated rings. The average Bonchev–Trinajstić information content (AvgIpc) is 2.75. The van der Waals surface area contributed by atoms with Gasteiger partial charge in [0.15, 0.2) is 0 Å². The maximum atomic E-state index is 13.2. The molecule has 0 aliphatic rings. The Kier molecular flexibility index (Phi) is 10.6. The Morgan fingerprint density at radius 2 is 1.74 bits per heavy atom. The molecule has 1 atom stereocenters. The van der Waals surface area contributed by atoms with Crippen molar-refractivity contribution in [3.8, 4) is 0 Å². The highest BCUT2D eigenvalue weighted by molar-refractivity contribution is 7.98. The summed E-state index contributed by atoms with van der Waals surface area (Å²) in [6, 6.07) is 18.0. The number of nitrogens with zero attached hydrogens (tertiary/aromatic N) is 1. The van der Waals surface area contributed by atoms with Gasteiger partial charge >= 0.3 is 0 Å². The van der Waals surface area contributed by atoms with E-state index in [-0.39, 0.29) is 11.8 Å². The van der Waals surface area contributed by atoms with Gasteiger partial charge in [-0.05, 0) is 30.4 Å². The lowest BCUT2D eigenvalue weighted by Crippen LogP contribution is -2.49. The van der Waals surface area contributed by atoms with Gasteiger partial charge < -0.3 is 10.2 Å². The molecule has 5 heteroatoms. The number of benzene rings is 2. The summed E-state index contributed by atoms with van der Waals surface area (Å²) in [6.45, 7) is 9.23. The van der Waals surface area contributed by atoms with Crippen molar-refractivity contribution in [3.63, 3.8) is 0 Å². The minimum Gasteiger partial charge on any atom is -0.354 e. The predicted molar refractivity (Wildman–Crippen MR) is 131 cm³/mol. The van der Waals surface area contributed by atoms with Crippen LogP contribution in [0.5, 0.6) is 0 Å². The van der Waals surface area contributed by atoms with E-state index in [1.807, 2.05) is 50.2 Å². The third-order valence-electron chi connectivity index (χ3n) is 5.08. The fourth-order valence-electron chi connectivity index (χ4n) is 3.42. The second kappa shape index (κ2) is 13.2. The van der Waals surface area contributed by atoms with Crippen LogP contribution in [0.15, 0.2) is 54.6 Å². The molecular weight excluding hydrogens is 404 g/mol. The van der Waals surface area contributed by atoms with Gasteiger partial charge in [-0.2, -0.15) is 11.8 Å². The summed E-state index contributed by atoms with van der Waals surface area (Å²) in [6.07, 6.45) is 1.02. The zero-order chi connectivity index (χ0) is 22.6. The summed E-state index contributed by atoms with van der Waals surface area (Å²) in [5, 5.41) is 3.02. The minimum absolute atomic E-state index is 0.0358. The smallest absolute Gasteiger partial charge is 0.242 e. The van der Waals surface area contributed by atoms with Crippen LogP contribution in [0.1, 0.15) is 50.3 Å². The number of thioether (sulfide) groups is 1. The van der Waals surface area contributed by atoms with Gasteiger partial charge in [-0.3, -0.25) is 9.59 Å². The molecule has 0 aromatic heterocycles. The molecule has 0 aliphatic heterocycles. The van der Waals surface area contributed by atoms with Crippen molar-refractivity contribution < 1.29 is 9.59 Å². The molecule has 31 heavy (non-hydrogen) atoms. The largest absolute Gasteiger partial charge is 0.354 e. The van der Waals surface area contributed by atoms with Gasteiger partial charge in [0, 0.05) is 31.0 Å². The molecule has 0 saturated heterocycles. The van der Waals surface area contributed by atoms with Gasteiger partial charge in [0.2, 0.25) is 11.8 Å². The van der Waals surface area contributed by atoms with Crippen LogP contribution in [0.4, 0.5) is 0 Å². The van der Waals surface area contributed by atoms with E-state index in [9.17, 15) is 9.59 Å². The Morgan fingerprint density at radius 1 is 1.03 bits per heavy atom. The molecule has 0 aliphatic carbocycles. The van der Waals surface area contributed by atoms with Crippen LogP contribution in [-0.2, 0) is 21.9 Å². The second-order valence-corrected chi connectivity index (χ2v) is 9.47. The van der Waals surface area contributed by atoms with E-state index in [2.05, 4.69) is 37.4 Å². The Hall–Kier alpha value is -2.27. The minimum atomic E-state index is -0.453. The molecule has 0 heterocycles. The molecule has 0 unspecified atom stereocenters. The lowest BCUT2D eigenvalue weighted by Gasteiger charge is -2.31. The normalized spacial score (nSPS) is 11.9. The predicted octanol–water partition coefficient (Wildman–Crippen LogP) is 5.20. The summed E-state index contributed by atoms with van der Waals surface area (Å²) < 4.78 is 0. The van der Waals surface area contributed by atoms with Crippen LogP contribution in [0.2, 0.25) is 0 Å². The summed E-state index contributed by atoms with van der Waals surface area (Å²) in [4.78, 5) is 27.9. The highest BCUT2D eigenvalue weighted by atomic mass is 32.2. The Bertz CT molecular complexity index is 823. The first-order valence-electron chi connectivity index (χ1n) is 11.1. The van der Waals surface area contributed by atoms with Crippen LogP contribution in [0.25, 0.3) is 0 Å². The molecule has 1 N–H and O–H groups in total. The van der Waals surface area contributed by atoms with Gasteiger partial charge in [0.05, 0.1) is 0 Å². The van der Waals surface area contributed by atoms with Gasteiger partial charge in [-0.1, -0.05) is 80.9 Å². The SMILES string of the molecule is CC[C@H](C(=O)NCC(C)C)N(Cc1cccc(C)c1)C(=O)CCSCc1ccccc1. The van der Waals surface area contributed by atoms with Crippen molar-refractivity contribution in [2.24, 2.45) is 5.92 Å². The van der Waals surface area contributed by atoms with Crippen molar-refractivity contribution >= 4 is 23.6 Å². The monoisotopic (exact) mass is 440 g/mol. The Labute approximate surface area is 191 Å². The first-order chi connectivity index (χ1) is 14.9. The first kappa shape index (κ1) is 25.0. The number of amides is 2.